The lowest BCUT2D eigenvalue weighted by atomic mass is 10.1. The molecule has 2 unspecified atom stereocenters. The molecular weight excluding hydrogens is 290 g/mol. The van der Waals surface area contributed by atoms with Gasteiger partial charge in [-0.05, 0) is 25.5 Å². The standard InChI is InChI=1S/C15H23NO4S/c1-3-7-16-8-12-6-4-5-11(2)15(12)20-14-10-21(18,19)9-13(14)17/h4-6,13-14,16-17H,3,7-10H2,1-2H3. The fraction of sp³-hybridized carbons (Fsp3) is 0.600. The van der Waals surface area contributed by atoms with Gasteiger partial charge in [-0.25, -0.2) is 8.42 Å². The van der Waals surface area contributed by atoms with Gasteiger partial charge in [-0.2, -0.15) is 0 Å². The Labute approximate surface area is 126 Å². The molecule has 2 N–H and O–H groups in total. The van der Waals surface area contributed by atoms with E-state index < -0.39 is 22.0 Å². The molecule has 118 valence electrons. The number of aryl methyl sites for hydroxylation is 1. The van der Waals surface area contributed by atoms with Crippen LogP contribution in [0.5, 0.6) is 5.75 Å². The van der Waals surface area contributed by atoms with Crippen molar-refractivity contribution in [3.05, 3.63) is 29.3 Å². The van der Waals surface area contributed by atoms with Crippen LogP contribution in [0.15, 0.2) is 18.2 Å². The summed E-state index contributed by atoms with van der Waals surface area (Å²) in [6.45, 7) is 5.60. The molecule has 0 bridgehead atoms. The minimum atomic E-state index is -3.20. The highest BCUT2D eigenvalue weighted by molar-refractivity contribution is 7.91. The third-order valence-corrected chi connectivity index (χ3v) is 5.26. The molecule has 1 aromatic carbocycles. The SMILES string of the molecule is CCCNCc1cccc(C)c1OC1CS(=O)(=O)CC1O. The lowest BCUT2D eigenvalue weighted by Crippen LogP contribution is -2.30. The maximum absolute atomic E-state index is 11.6. The predicted octanol–water partition coefficient (Wildman–Crippen LogP) is 1.03. The van der Waals surface area contributed by atoms with Crippen LogP contribution in [0, 0.1) is 6.92 Å². The van der Waals surface area contributed by atoms with Gasteiger partial charge in [0.05, 0.1) is 11.5 Å². The molecule has 0 aliphatic carbocycles. The molecule has 5 nitrogen and oxygen atoms in total. The third-order valence-electron chi connectivity index (χ3n) is 3.58. The van der Waals surface area contributed by atoms with Crippen LogP contribution < -0.4 is 10.1 Å². The molecule has 0 amide bonds. The molecule has 2 atom stereocenters. The molecule has 0 radical (unpaired) electrons. The zero-order chi connectivity index (χ0) is 15.5. The van der Waals surface area contributed by atoms with Gasteiger partial charge in [0, 0.05) is 12.1 Å². The molecule has 0 spiro atoms. The zero-order valence-corrected chi connectivity index (χ0v) is 13.3. The van der Waals surface area contributed by atoms with Gasteiger partial charge in [-0.1, -0.05) is 25.1 Å². The number of sulfone groups is 1. The van der Waals surface area contributed by atoms with Gasteiger partial charge in [0.15, 0.2) is 9.84 Å². The molecule has 21 heavy (non-hydrogen) atoms. The normalized spacial score (nSPS) is 24.1. The first-order valence-electron chi connectivity index (χ1n) is 7.27. The number of benzene rings is 1. The zero-order valence-electron chi connectivity index (χ0n) is 12.5. The summed E-state index contributed by atoms with van der Waals surface area (Å²) in [4.78, 5) is 0. The molecule has 1 aliphatic heterocycles. The number of rotatable bonds is 6. The lowest BCUT2D eigenvalue weighted by molar-refractivity contribution is 0.0726. The van der Waals surface area contributed by atoms with Crippen molar-refractivity contribution in [2.45, 2.75) is 39.0 Å². The number of hydrogen-bond donors (Lipinski definition) is 2. The van der Waals surface area contributed by atoms with E-state index in [9.17, 15) is 13.5 Å². The first-order chi connectivity index (χ1) is 9.93. The van der Waals surface area contributed by atoms with Crippen molar-refractivity contribution in [1.29, 1.82) is 0 Å². The van der Waals surface area contributed by atoms with Crippen molar-refractivity contribution in [2.75, 3.05) is 18.1 Å². The van der Waals surface area contributed by atoms with E-state index in [1.165, 1.54) is 0 Å². The molecule has 1 fully saturated rings. The maximum atomic E-state index is 11.6. The molecular formula is C15H23NO4S. The van der Waals surface area contributed by atoms with Crippen molar-refractivity contribution in [3.63, 3.8) is 0 Å². The molecule has 0 saturated carbocycles. The predicted molar refractivity (Wildman–Crippen MR) is 82.3 cm³/mol. The highest BCUT2D eigenvalue weighted by atomic mass is 32.2. The summed E-state index contributed by atoms with van der Waals surface area (Å²) in [7, 11) is -3.20. The fourth-order valence-electron chi connectivity index (χ4n) is 2.48. The second-order valence-corrected chi connectivity index (χ2v) is 7.69. The summed E-state index contributed by atoms with van der Waals surface area (Å²) in [6, 6.07) is 5.84. The molecule has 0 aromatic heterocycles. The molecule has 1 saturated heterocycles. The van der Waals surface area contributed by atoms with Crippen molar-refractivity contribution in [2.24, 2.45) is 0 Å². The summed E-state index contributed by atoms with van der Waals surface area (Å²) >= 11 is 0. The van der Waals surface area contributed by atoms with E-state index in [1.54, 1.807) is 0 Å². The van der Waals surface area contributed by atoms with Crippen LogP contribution in [0.1, 0.15) is 24.5 Å². The van der Waals surface area contributed by atoms with Crippen LogP contribution in [-0.4, -0.2) is 43.8 Å². The van der Waals surface area contributed by atoms with Crippen LogP contribution in [0.25, 0.3) is 0 Å². The van der Waals surface area contributed by atoms with Gasteiger partial charge in [-0.3, -0.25) is 0 Å². The Bertz CT molecular complexity index is 585. The topological polar surface area (TPSA) is 75.6 Å². The first kappa shape index (κ1) is 16.3. The Hall–Kier alpha value is -1.11. The van der Waals surface area contributed by atoms with Crippen LogP contribution in [0.4, 0.5) is 0 Å². The van der Waals surface area contributed by atoms with Gasteiger partial charge in [0.2, 0.25) is 0 Å². The van der Waals surface area contributed by atoms with Crippen molar-refractivity contribution in [3.8, 4) is 5.75 Å². The fourth-order valence-corrected chi connectivity index (χ4v) is 4.14. The minimum Gasteiger partial charge on any atom is -0.486 e. The van der Waals surface area contributed by atoms with Crippen LogP contribution in [0.2, 0.25) is 0 Å². The van der Waals surface area contributed by atoms with Gasteiger partial charge < -0.3 is 15.2 Å². The number of aliphatic hydroxyl groups excluding tert-OH is 1. The van der Waals surface area contributed by atoms with Crippen LogP contribution >= 0.6 is 0 Å². The van der Waals surface area contributed by atoms with E-state index in [2.05, 4.69) is 12.2 Å². The van der Waals surface area contributed by atoms with Gasteiger partial charge in [-0.15, -0.1) is 0 Å². The molecule has 1 aliphatic rings. The summed E-state index contributed by atoms with van der Waals surface area (Å²) < 4.78 is 29.0. The maximum Gasteiger partial charge on any atom is 0.156 e. The van der Waals surface area contributed by atoms with Gasteiger partial charge in [0.1, 0.15) is 18.0 Å². The highest BCUT2D eigenvalue weighted by Gasteiger charge is 2.38. The number of hydrogen-bond acceptors (Lipinski definition) is 5. The number of para-hydroxylation sites is 1. The summed E-state index contributed by atoms with van der Waals surface area (Å²) in [6.07, 6.45) is -0.589. The van der Waals surface area contributed by atoms with E-state index in [-0.39, 0.29) is 11.5 Å². The monoisotopic (exact) mass is 313 g/mol. The summed E-state index contributed by atoms with van der Waals surface area (Å²) in [5.74, 6) is 0.347. The minimum absolute atomic E-state index is 0.121. The Morgan fingerprint density at radius 2 is 2.14 bits per heavy atom. The van der Waals surface area contributed by atoms with Gasteiger partial charge >= 0.3 is 0 Å². The van der Waals surface area contributed by atoms with Gasteiger partial charge in [0.25, 0.3) is 0 Å². The Morgan fingerprint density at radius 1 is 1.38 bits per heavy atom. The Kier molecular flexibility index (Phi) is 5.24. The van der Waals surface area contributed by atoms with E-state index in [1.807, 2.05) is 25.1 Å². The highest BCUT2D eigenvalue weighted by Crippen LogP contribution is 2.27. The average Bonchev–Trinajstić information content (AvgIpc) is 2.66. The quantitative estimate of drug-likeness (QED) is 0.767. The Morgan fingerprint density at radius 3 is 2.76 bits per heavy atom. The Balaban J connectivity index is 2.15. The largest absolute Gasteiger partial charge is 0.486 e. The van der Waals surface area contributed by atoms with Crippen LogP contribution in [-0.2, 0) is 16.4 Å². The molecule has 6 heteroatoms. The lowest BCUT2D eigenvalue weighted by Gasteiger charge is -2.20. The van der Waals surface area contributed by atoms with Crippen molar-refractivity contribution in [1.82, 2.24) is 5.32 Å². The number of nitrogens with one attached hydrogen (secondary N) is 1. The number of aliphatic hydroxyl groups is 1. The molecule has 1 aromatic rings. The van der Waals surface area contributed by atoms with Crippen molar-refractivity contribution >= 4 is 9.84 Å². The number of ether oxygens (including phenoxy) is 1. The summed E-state index contributed by atoms with van der Waals surface area (Å²) in [5.41, 5.74) is 1.93. The average molecular weight is 313 g/mol. The summed E-state index contributed by atoms with van der Waals surface area (Å²) in [5, 5.41) is 13.2. The van der Waals surface area contributed by atoms with E-state index in [0.717, 1.165) is 24.1 Å². The second kappa shape index (κ2) is 6.77. The third kappa shape index (κ3) is 4.18. The second-order valence-electron chi connectivity index (χ2n) is 5.54. The molecule has 1 heterocycles. The van der Waals surface area contributed by atoms with Crippen LogP contribution in [0.3, 0.4) is 0 Å². The first-order valence-corrected chi connectivity index (χ1v) is 9.09. The molecule has 2 rings (SSSR count). The van der Waals surface area contributed by atoms with Crippen molar-refractivity contribution < 1.29 is 18.3 Å². The van der Waals surface area contributed by atoms with E-state index in [4.69, 9.17) is 4.74 Å². The van der Waals surface area contributed by atoms with E-state index in [0.29, 0.717) is 12.3 Å². The smallest absolute Gasteiger partial charge is 0.156 e. The van der Waals surface area contributed by atoms with E-state index >= 15 is 0 Å².